The number of hydrogen-bond donors (Lipinski definition) is 1. The van der Waals surface area contributed by atoms with Gasteiger partial charge in [-0.2, -0.15) is 5.10 Å². The number of para-hydroxylation sites is 1. The lowest BCUT2D eigenvalue weighted by Gasteiger charge is -2.36. The van der Waals surface area contributed by atoms with E-state index in [0.717, 1.165) is 49.7 Å². The van der Waals surface area contributed by atoms with Gasteiger partial charge < -0.3 is 15.0 Å². The second-order valence-corrected chi connectivity index (χ2v) is 7.74. The molecule has 0 spiro atoms. The minimum absolute atomic E-state index is 0.159. The molecule has 0 radical (unpaired) electrons. The van der Waals surface area contributed by atoms with Gasteiger partial charge in [0.05, 0.1) is 7.11 Å². The predicted molar refractivity (Wildman–Crippen MR) is 122 cm³/mol. The van der Waals surface area contributed by atoms with Gasteiger partial charge in [0, 0.05) is 51.2 Å². The fourth-order valence-corrected chi connectivity index (χ4v) is 3.84. The molecule has 1 saturated heterocycles. The van der Waals surface area contributed by atoms with E-state index in [0.29, 0.717) is 12.2 Å². The van der Waals surface area contributed by atoms with Crippen LogP contribution in [0.3, 0.4) is 0 Å². The van der Waals surface area contributed by atoms with Crippen molar-refractivity contribution in [2.45, 2.75) is 6.92 Å². The van der Waals surface area contributed by atoms with Crippen molar-refractivity contribution in [3.8, 4) is 11.4 Å². The summed E-state index contributed by atoms with van der Waals surface area (Å²) in [6, 6.07) is 18.1. The van der Waals surface area contributed by atoms with Gasteiger partial charge in [-0.1, -0.05) is 24.3 Å². The third-order valence-corrected chi connectivity index (χ3v) is 5.61. The van der Waals surface area contributed by atoms with E-state index in [1.165, 1.54) is 5.69 Å². The molecule has 3 aromatic rings. The smallest absolute Gasteiger partial charge is 0.271 e. The van der Waals surface area contributed by atoms with Crippen molar-refractivity contribution < 1.29 is 9.53 Å². The summed E-state index contributed by atoms with van der Waals surface area (Å²) in [5.74, 6) is 0.559. The number of nitrogens with zero attached hydrogens (tertiary/aromatic N) is 4. The maximum atomic E-state index is 12.5. The highest BCUT2D eigenvalue weighted by molar-refractivity contribution is 5.92. The van der Waals surface area contributed by atoms with Crippen LogP contribution in [0.15, 0.2) is 60.8 Å². The van der Waals surface area contributed by atoms with E-state index < -0.39 is 0 Å². The average Bonchev–Trinajstić information content (AvgIpc) is 3.30. The molecule has 1 amide bonds. The molecular weight excluding hydrogens is 390 g/mol. The molecule has 1 aromatic heterocycles. The first kappa shape index (κ1) is 20.9. The summed E-state index contributed by atoms with van der Waals surface area (Å²) in [7, 11) is 1.63. The molecule has 0 saturated carbocycles. The zero-order valence-electron chi connectivity index (χ0n) is 18.1. The standard InChI is InChI=1S/C24H29N5O2/c1-19-8-9-23(31-2)22(18-19)29-12-10-21(26-29)24(30)25-11-13-27-14-16-28(17-15-27)20-6-4-3-5-7-20/h3-10,12,18H,11,13-17H2,1-2H3,(H,25,30). The molecule has 162 valence electrons. The second-order valence-electron chi connectivity index (χ2n) is 7.74. The van der Waals surface area contributed by atoms with Crippen molar-refractivity contribution in [1.29, 1.82) is 0 Å². The summed E-state index contributed by atoms with van der Waals surface area (Å²) in [4.78, 5) is 17.3. The van der Waals surface area contributed by atoms with E-state index >= 15 is 0 Å². The second kappa shape index (κ2) is 9.66. The number of anilines is 1. The molecule has 1 aliphatic heterocycles. The fourth-order valence-electron chi connectivity index (χ4n) is 3.84. The summed E-state index contributed by atoms with van der Waals surface area (Å²) in [5.41, 5.74) is 3.59. The molecular formula is C24H29N5O2. The number of carbonyl (C=O) groups is 1. The number of ether oxygens (including phenoxy) is 1. The quantitative estimate of drug-likeness (QED) is 0.638. The molecule has 0 aliphatic carbocycles. The number of hydrogen-bond acceptors (Lipinski definition) is 5. The molecule has 2 heterocycles. The Morgan fingerprint density at radius 3 is 2.58 bits per heavy atom. The van der Waals surface area contributed by atoms with Crippen molar-refractivity contribution in [2.75, 3.05) is 51.3 Å². The maximum absolute atomic E-state index is 12.5. The lowest BCUT2D eigenvalue weighted by molar-refractivity contribution is 0.0942. The molecule has 4 rings (SSSR count). The Kier molecular flexibility index (Phi) is 6.52. The molecule has 0 bridgehead atoms. The Morgan fingerprint density at radius 1 is 1.06 bits per heavy atom. The van der Waals surface area contributed by atoms with Crippen LogP contribution in [0.5, 0.6) is 5.75 Å². The van der Waals surface area contributed by atoms with E-state index in [4.69, 9.17) is 4.74 Å². The minimum atomic E-state index is -0.159. The number of piperazine rings is 1. The normalized spacial score (nSPS) is 14.5. The average molecular weight is 420 g/mol. The molecule has 0 unspecified atom stereocenters. The monoisotopic (exact) mass is 419 g/mol. The third-order valence-electron chi connectivity index (χ3n) is 5.61. The van der Waals surface area contributed by atoms with E-state index in [2.05, 4.69) is 44.5 Å². The van der Waals surface area contributed by atoms with E-state index in [1.807, 2.05) is 31.2 Å². The lowest BCUT2D eigenvalue weighted by atomic mass is 10.2. The Labute approximate surface area is 183 Å². The SMILES string of the molecule is COc1ccc(C)cc1-n1ccc(C(=O)NCCN2CCN(c3ccccc3)CC2)n1. The molecule has 1 N–H and O–H groups in total. The van der Waals surface area contributed by atoms with Gasteiger partial charge in [-0.25, -0.2) is 4.68 Å². The lowest BCUT2D eigenvalue weighted by Crippen LogP contribution is -2.48. The predicted octanol–water partition coefficient (Wildman–Crippen LogP) is 2.74. The number of methoxy groups -OCH3 is 1. The Bertz CT molecular complexity index is 1010. The number of nitrogens with one attached hydrogen (secondary N) is 1. The Balaban J connectivity index is 1.26. The summed E-state index contributed by atoms with van der Waals surface area (Å²) in [6.07, 6.45) is 1.79. The highest BCUT2D eigenvalue weighted by Gasteiger charge is 2.17. The van der Waals surface area contributed by atoms with Gasteiger partial charge in [0.25, 0.3) is 5.91 Å². The van der Waals surface area contributed by atoms with Crippen molar-refractivity contribution in [2.24, 2.45) is 0 Å². The Hall–Kier alpha value is -3.32. The highest BCUT2D eigenvalue weighted by Crippen LogP contribution is 2.23. The third kappa shape index (κ3) is 5.06. The largest absolute Gasteiger partial charge is 0.494 e. The zero-order valence-corrected chi connectivity index (χ0v) is 18.1. The van der Waals surface area contributed by atoms with Gasteiger partial charge in [0.1, 0.15) is 11.4 Å². The van der Waals surface area contributed by atoms with Crippen LogP contribution in [0.1, 0.15) is 16.1 Å². The first-order chi connectivity index (χ1) is 15.1. The molecule has 0 atom stereocenters. The van der Waals surface area contributed by atoms with Crippen LogP contribution in [0.4, 0.5) is 5.69 Å². The Morgan fingerprint density at radius 2 is 1.84 bits per heavy atom. The fraction of sp³-hybridized carbons (Fsp3) is 0.333. The van der Waals surface area contributed by atoms with E-state index in [9.17, 15) is 4.79 Å². The number of aryl methyl sites for hydroxylation is 1. The van der Waals surface area contributed by atoms with Gasteiger partial charge in [-0.15, -0.1) is 0 Å². The molecule has 31 heavy (non-hydrogen) atoms. The van der Waals surface area contributed by atoms with Gasteiger partial charge in [0.15, 0.2) is 5.69 Å². The van der Waals surface area contributed by atoms with Crippen LogP contribution < -0.4 is 15.0 Å². The summed E-state index contributed by atoms with van der Waals surface area (Å²) < 4.78 is 7.11. The van der Waals surface area contributed by atoms with Gasteiger partial charge in [-0.05, 0) is 42.8 Å². The first-order valence-corrected chi connectivity index (χ1v) is 10.7. The van der Waals surface area contributed by atoms with Crippen LogP contribution >= 0.6 is 0 Å². The summed E-state index contributed by atoms with van der Waals surface area (Å²) >= 11 is 0. The summed E-state index contributed by atoms with van der Waals surface area (Å²) in [6.45, 7) is 7.44. The number of aromatic nitrogens is 2. The number of amides is 1. The van der Waals surface area contributed by atoms with Gasteiger partial charge >= 0.3 is 0 Å². The molecule has 1 fully saturated rings. The van der Waals surface area contributed by atoms with Crippen LogP contribution in [-0.2, 0) is 0 Å². The van der Waals surface area contributed by atoms with Crippen molar-refractivity contribution in [3.63, 3.8) is 0 Å². The minimum Gasteiger partial charge on any atom is -0.494 e. The van der Waals surface area contributed by atoms with Gasteiger partial charge in [-0.3, -0.25) is 9.69 Å². The highest BCUT2D eigenvalue weighted by atomic mass is 16.5. The topological polar surface area (TPSA) is 62.6 Å². The maximum Gasteiger partial charge on any atom is 0.271 e. The van der Waals surface area contributed by atoms with Crippen LogP contribution in [0.2, 0.25) is 0 Å². The number of carbonyl (C=O) groups excluding carboxylic acids is 1. The van der Waals surface area contributed by atoms with Crippen molar-refractivity contribution in [1.82, 2.24) is 20.0 Å². The van der Waals surface area contributed by atoms with Crippen LogP contribution in [-0.4, -0.2) is 67.0 Å². The molecule has 7 heteroatoms. The van der Waals surface area contributed by atoms with Gasteiger partial charge in [0.2, 0.25) is 0 Å². The number of rotatable bonds is 7. The summed E-state index contributed by atoms with van der Waals surface area (Å²) in [5, 5.41) is 7.44. The van der Waals surface area contributed by atoms with Crippen LogP contribution in [0.25, 0.3) is 5.69 Å². The zero-order chi connectivity index (χ0) is 21.6. The van der Waals surface area contributed by atoms with Crippen molar-refractivity contribution >= 4 is 11.6 Å². The molecule has 2 aromatic carbocycles. The number of benzene rings is 2. The first-order valence-electron chi connectivity index (χ1n) is 10.7. The van der Waals surface area contributed by atoms with Crippen LogP contribution in [0, 0.1) is 6.92 Å². The molecule has 1 aliphatic rings. The van der Waals surface area contributed by atoms with Crippen molar-refractivity contribution in [3.05, 3.63) is 72.1 Å². The van der Waals surface area contributed by atoms with E-state index in [-0.39, 0.29) is 5.91 Å². The molecule has 7 nitrogen and oxygen atoms in total. The van der Waals surface area contributed by atoms with E-state index in [1.54, 1.807) is 24.1 Å².